The number of nitrogens with one attached hydrogen (secondary N) is 1. The molecule has 0 spiro atoms. The van der Waals surface area contributed by atoms with Gasteiger partial charge in [0.2, 0.25) is 11.9 Å². The standard InChI is InChI=1S/C15H21N5O/c1-5-21-15-18-13(16-3)17-14(19-15)20(4)10-12-8-6-7-11(2)9-12/h6-9H,5,10H2,1-4H3,(H,16,17,18,19). The van der Waals surface area contributed by atoms with Gasteiger partial charge in [-0.3, -0.25) is 0 Å². The average Bonchev–Trinajstić information content (AvgIpc) is 2.47. The van der Waals surface area contributed by atoms with Gasteiger partial charge >= 0.3 is 6.01 Å². The molecule has 21 heavy (non-hydrogen) atoms. The summed E-state index contributed by atoms with van der Waals surface area (Å²) >= 11 is 0. The van der Waals surface area contributed by atoms with E-state index in [1.807, 2.05) is 18.9 Å². The average molecular weight is 287 g/mol. The van der Waals surface area contributed by atoms with Crippen molar-refractivity contribution >= 4 is 11.9 Å². The van der Waals surface area contributed by atoms with Crippen LogP contribution in [0.15, 0.2) is 24.3 Å². The van der Waals surface area contributed by atoms with Gasteiger partial charge in [-0.1, -0.05) is 29.8 Å². The monoisotopic (exact) mass is 287 g/mol. The molecular weight excluding hydrogens is 266 g/mol. The first-order chi connectivity index (χ1) is 10.1. The third-order valence-corrected chi connectivity index (χ3v) is 2.94. The zero-order chi connectivity index (χ0) is 15.2. The summed E-state index contributed by atoms with van der Waals surface area (Å²) in [4.78, 5) is 14.8. The molecule has 1 heterocycles. The maximum atomic E-state index is 5.38. The van der Waals surface area contributed by atoms with Crippen LogP contribution < -0.4 is 15.0 Å². The van der Waals surface area contributed by atoms with E-state index >= 15 is 0 Å². The summed E-state index contributed by atoms with van der Waals surface area (Å²) in [6.07, 6.45) is 0. The van der Waals surface area contributed by atoms with Crippen molar-refractivity contribution in [1.82, 2.24) is 15.0 Å². The molecule has 112 valence electrons. The highest BCUT2D eigenvalue weighted by Crippen LogP contribution is 2.16. The zero-order valence-electron chi connectivity index (χ0n) is 12.9. The number of ether oxygens (including phenoxy) is 1. The lowest BCUT2D eigenvalue weighted by molar-refractivity contribution is 0.312. The molecule has 1 N–H and O–H groups in total. The van der Waals surface area contributed by atoms with Crippen LogP contribution in [0.4, 0.5) is 11.9 Å². The molecule has 0 unspecified atom stereocenters. The van der Waals surface area contributed by atoms with Crippen molar-refractivity contribution in [2.24, 2.45) is 0 Å². The number of hydrogen-bond acceptors (Lipinski definition) is 6. The fourth-order valence-corrected chi connectivity index (χ4v) is 1.98. The Morgan fingerprint density at radius 3 is 2.71 bits per heavy atom. The van der Waals surface area contributed by atoms with E-state index in [9.17, 15) is 0 Å². The van der Waals surface area contributed by atoms with Crippen molar-refractivity contribution in [1.29, 1.82) is 0 Å². The van der Waals surface area contributed by atoms with Gasteiger partial charge in [-0.15, -0.1) is 0 Å². The molecule has 0 aliphatic rings. The summed E-state index contributed by atoms with van der Waals surface area (Å²) in [5.74, 6) is 1.08. The van der Waals surface area contributed by atoms with Crippen molar-refractivity contribution < 1.29 is 4.74 Å². The van der Waals surface area contributed by atoms with Gasteiger partial charge < -0.3 is 15.0 Å². The predicted molar refractivity (Wildman–Crippen MR) is 83.8 cm³/mol. The van der Waals surface area contributed by atoms with E-state index in [0.29, 0.717) is 24.5 Å². The molecule has 2 rings (SSSR count). The van der Waals surface area contributed by atoms with Gasteiger partial charge in [0, 0.05) is 20.6 Å². The lowest BCUT2D eigenvalue weighted by Gasteiger charge is -2.18. The van der Waals surface area contributed by atoms with Crippen molar-refractivity contribution in [3.8, 4) is 6.01 Å². The first kappa shape index (κ1) is 15.0. The minimum atomic E-state index is 0.336. The van der Waals surface area contributed by atoms with Crippen LogP contribution in [0.2, 0.25) is 0 Å². The second-order valence-electron chi connectivity index (χ2n) is 4.77. The minimum Gasteiger partial charge on any atom is -0.464 e. The van der Waals surface area contributed by atoms with Crippen LogP contribution in [0.5, 0.6) is 6.01 Å². The molecule has 1 aromatic heterocycles. The van der Waals surface area contributed by atoms with E-state index in [-0.39, 0.29) is 0 Å². The Morgan fingerprint density at radius 2 is 2.05 bits per heavy atom. The molecule has 0 saturated carbocycles. The minimum absolute atomic E-state index is 0.336. The second-order valence-corrected chi connectivity index (χ2v) is 4.77. The topological polar surface area (TPSA) is 63.2 Å². The Hall–Kier alpha value is -2.37. The van der Waals surface area contributed by atoms with E-state index in [1.54, 1.807) is 7.05 Å². The summed E-state index contributed by atoms with van der Waals surface area (Å²) < 4.78 is 5.38. The lowest BCUT2D eigenvalue weighted by atomic mass is 10.1. The maximum absolute atomic E-state index is 5.38. The van der Waals surface area contributed by atoms with Gasteiger partial charge in [-0.2, -0.15) is 15.0 Å². The normalized spacial score (nSPS) is 10.3. The Labute approximate surface area is 125 Å². The van der Waals surface area contributed by atoms with E-state index in [0.717, 1.165) is 6.54 Å². The number of aryl methyl sites for hydroxylation is 1. The van der Waals surface area contributed by atoms with Gasteiger partial charge in [-0.05, 0) is 19.4 Å². The molecule has 0 aliphatic carbocycles. The summed E-state index contributed by atoms with van der Waals surface area (Å²) in [7, 11) is 3.72. The van der Waals surface area contributed by atoms with Crippen LogP contribution in [0, 0.1) is 6.92 Å². The quantitative estimate of drug-likeness (QED) is 0.879. The number of benzene rings is 1. The van der Waals surface area contributed by atoms with Gasteiger partial charge in [0.15, 0.2) is 0 Å². The van der Waals surface area contributed by atoms with E-state index in [4.69, 9.17) is 4.74 Å². The molecule has 0 saturated heterocycles. The number of aromatic nitrogens is 3. The number of hydrogen-bond donors (Lipinski definition) is 1. The van der Waals surface area contributed by atoms with Crippen molar-refractivity contribution in [3.63, 3.8) is 0 Å². The predicted octanol–water partition coefficient (Wildman–Crippen LogP) is 2.26. The SMILES string of the molecule is CCOc1nc(NC)nc(N(C)Cc2cccc(C)c2)n1. The first-order valence-electron chi connectivity index (χ1n) is 6.95. The smallest absolute Gasteiger partial charge is 0.323 e. The molecule has 0 bridgehead atoms. The van der Waals surface area contributed by atoms with Gasteiger partial charge in [0.05, 0.1) is 6.61 Å². The molecular formula is C15H21N5O. The Bertz CT molecular complexity index is 602. The van der Waals surface area contributed by atoms with Crippen LogP contribution in [0.1, 0.15) is 18.1 Å². The highest BCUT2D eigenvalue weighted by molar-refractivity contribution is 5.38. The van der Waals surface area contributed by atoms with Gasteiger partial charge in [-0.25, -0.2) is 0 Å². The Morgan fingerprint density at radius 1 is 1.24 bits per heavy atom. The first-order valence-corrected chi connectivity index (χ1v) is 6.95. The van der Waals surface area contributed by atoms with Crippen LogP contribution in [-0.2, 0) is 6.54 Å². The van der Waals surface area contributed by atoms with Crippen LogP contribution in [-0.4, -0.2) is 35.7 Å². The largest absolute Gasteiger partial charge is 0.464 e. The lowest BCUT2D eigenvalue weighted by Crippen LogP contribution is -2.20. The van der Waals surface area contributed by atoms with Crippen molar-refractivity contribution in [2.75, 3.05) is 30.9 Å². The summed E-state index contributed by atoms with van der Waals surface area (Å²) in [6, 6.07) is 8.71. The van der Waals surface area contributed by atoms with E-state index in [2.05, 4.69) is 51.5 Å². The molecule has 0 aliphatic heterocycles. The summed E-state index contributed by atoms with van der Waals surface area (Å²) in [6.45, 7) is 5.23. The third-order valence-electron chi connectivity index (χ3n) is 2.94. The molecule has 6 nitrogen and oxygen atoms in total. The highest BCUT2D eigenvalue weighted by Gasteiger charge is 2.11. The summed E-state index contributed by atoms with van der Waals surface area (Å²) in [5.41, 5.74) is 2.45. The molecule has 0 amide bonds. The number of nitrogens with zero attached hydrogens (tertiary/aromatic N) is 4. The highest BCUT2D eigenvalue weighted by atomic mass is 16.5. The molecule has 6 heteroatoms. The fraction of sp³-hybridized carbons (Fsp3) is 0.400. The molecule has 2 aromatic rings. The van der Waals surface area contributed by atoms with Gasteiger partial charge in [0.1, 0.15) is 0 Å². The van der Waals surface area contributed by atoms with E-state index in [1.165, 1.54) is 11.1 Å². The van der Waals surface area contributed by atoms with Crippen LogP contribution in [0.25, 0.3) is 0 Å². The van der Waals surface area contributed by atoms with Crippen molar-refractivity contribution in [2.45, 2.75) is 20.4 Å². The molecule has 0 radical (unpaired) electrons. The number of anilines is 2. The molecule has 1 aromatic carbocycles. The Balaban J connectivity index is 2.21. The maximum Gasteiger partial charge on any atom is 0.323 e. The molecule has 0 atom stereocenters. The van der Waals surface area contributed by atoms with Crippen LogP contribution in [0.3, 0.4) is 0 Å². The van der Waals surface area contributed by atoms with E-state index < -0.39 is 0 Å². The second kappa shape index (κ2) is 6.88. The summed E-state index contributed by atoms with van der Waals surface area (Å²) in [5, 5.41) is 2.93. The third kappa shape index (κ3) is 4.05. The van der Waals surface area contributed by atoms with Crippen LogP contribution >= 0.6 is 0 Å². The van der Waals surface area contributed by atoms with Gasteiger partial charge in [0.25, 0.3) is 0 Å². The number of rotatable bonds is 6. The zero-order valence-corrected chi connectivity index (χ0v) is 12.9. The molecule has 0 fully saturated rings. The fourth-order valence-electron chi connectivity index (χ4n) is 1.98. The van der Waals surface area contributed by atoms with Crippen molar-refractivity contribution in [3.05, 3.63) is 35.4 Å². The Kier molecular flexibility index (Phi) is 4.92.